The Morgan fingerprint density at radius 3 is 2.44 bits per heavy atom. The third-order valence-electron chi connectivity index (χ3n) is 6.52. The number of esters is 1. The highest BCUT2D eigenvalue weighted by atomic mass is 32.1. The van der Waals surface area contributed by atoms with Crippen LogP contribution in [0.25, 0.3) is 6.08 Å². The van der Waals surface area contributed by atoms with Gasteiger partial charge in [0.25, 0.3) is 11.2 Å². The second kappa shape index (κ2) is 12.1. The van der Waals surface area contributed by atoms with Crippen LogP contribution in [0.4, 0.5) is 5.69 Å². The van der Waals surface area contributed by atoms with Gasteiger partial charge in [-0.3, -0.25) is 19.5 Å². The third-order valence-corrected chi connectivity index (χ3v) is 7.51. The van der Waals surface area contributed by atoms with Crippen LogP contribution in [0.1, 0.15) is 43.0 Å². The Balaban J connectivity index is 1.57. The molecule has 1 atom stereocenters. The Morgan fingerprint density at radius 2 is 1.78 bits per heavy atom. The zero-order chi connectivity index (χ0) is 28.9. The maximum Gasteiger partial charge on any atom is 0.338 e. The normalized spacial score (nSPS) is 14.8. The molecule has 1 aliphatic heterocycles. The molecule has 0 spiro atoms. The van der Waals surface area contributed by atoms with Crippen molar-refractivity contribution in [2.75, 3.05) is 6.61 Å². The van der Waals surface area contributed by atoms with Crippen molar-refractivity contribution in [2.45, 2.75) is 32.9 Å². The molecule has 208 valence electrons. The summed E-state index contributed by atoms with van der Waals surface area (Å²) < 4.78 is 13.3. The number of hydrogen-bond acceptors (Lipinski definition) is 8. The number of carbonyl (C=O) groups excluding carboxylic acids is 1. The summed E-state index contributed by atoms with van der Waals surface area (Å²) in [5.74, 6) is 0.131. The van der Waals surface area contributed by atoms with Gasteiger partial charge in [-0.15, -0.1) is 0 Å². The number of thiazole rings is 1. The number of nitrogens with zero attached hydrogens (tertiary/aromatic N) is 3. The topological polar surface area (TPSA) is 113 Å². The number of non-ortho nitro benzene ring substituents is 1. The molecule has 9 nitrogen and oxygen atoms in total. The Bertz CT molecular complexity index is 1790. The Kier molecular flexibility index (Phi) is 8.21. The molecule has 1 aliphatic rings. The maximum atomic E-state index is 13.8. The van der Waals surface area contributed by atoms with E-state index < -0.39 is 16.9 Å². The fourth-order valence-corrected chi connectivity index (χ4v) is 5.56. The molecular formula is C31H27N3O6S. The van der Waals surface area contributed by atoms with Crippen LogP contribution in [0.3, 0.4) is 0 Å². The van der Waals surface area contributed by atoms with E-state index in [1.807, 2.05) is 61.5 Å². The van der Waals surface area contributed by atoms with Crippen LogP contribution in [0.15, 0.2) is 99.9 Å². The van der Waals surface area contributed by atoms with Gasteiger partial charge in [-0.05, 0) is 60.4 Å². The molecule has 5 rings (SSSR count). The van der Waals surface area contributed by atoms with Crippen LogP contribution in [0, 0.1) is 10.1 Å². The molecular weight excluding hydrogens is 542 g/mol. The lowest BCUT2D eigenvalue weighted by atomic mass is 9.96. The largest absolute Gasteiger partial charge is 0.494 e. The predicted octanol–water partition coefficient (Wildman–Crippen LogP) is 4.68. The molecule has 3 aromatic carbocycles. The number of fused-ring (bicyclic) bond motifs is 1. The molecule has 1 aromatic heterocycles. The van der Waals surface area contributed by atoms with Gasteiger partial charge in [-0.1, -0.05) is 60.7 Å². The SMILES string of the molecule is CCCOc1ccc(C2C(C(=O)OCc3ccccc3)=C(C)N=c3s/c(=C\c4ccc([N+](=O)[O-])cc4)c(=O)n32)cc1. The summed E-state index contributed by atoms with van der Waals surface area (Å²) in [6, 6.07) is 21.9. The molecule has 4 aromatic rings. The number of aromatic nitrogens is 1. The molecule has 0 N–H and O–H groups in total. The average Bonchev–Trinajstić information content (AvgIpc) is 3.29. The molecule has 2 heterocycles. The van der Waals surface area contributed by atoms with Crippen molar-refractivity contribution in [1.29, 1.82) is 0 Å². The third kappa shape index (κ3) is 6.02. The van der Waals surface area contributed by atoms with Crippen molar-refractivity contribution in [1.82, 2.24) is 4.57 Å². The molecule has 0 amide bonds. The van der Waals surface area contributed by atoms with Crippen molar-refractivity contribution in [3.8, 4) is 5.75 Å². The first-order valence-electron chi connectivity index (χ1n) is 13.1. The first-order chi connectivity index (χ1) is 19.9. The van der Waals surface area contributed by atoms with Crippen LogP contribution in [0.2, 0.25) is 0 Å². The van der Waals surface area contributed by atoms with Crippen molar-refractivity contribution in [2.24, 2.45) is 4.99 Å². The summed E-state index contributed by atoms with van der Waals surface area (Å²) in [5, 5.41) is 11.0. The van der Waals surface area contributed by atoms with Crippen LogP contribution < -0.4 is 19.6 Å². The first-order valence-corrected chi connectivity index (χ1v) is 13.9. The van der Waals surface area contributed by atoms with E-state index in [-0.39, 0.29) is 23.4 Å². The molecule has 0 saturated carbocycles. The molecule has 10 heteroatoms. The van der Waals surface area contributed by atoms with E-state index >= 15 is 0 Å². The number of hydrogen-bond donors (Lipinski definition) is 0. The van der Waals surface area contributed by atoms with Gasteiger partial charge in [0.15, 0.2) is 4.80 Å². The van der Waals surface area contributed by atoms with E-state index in [1.165, 1.54) is 28.0 Å². The fourth-order valence-electron chi connectivity index (χ4n) is 4.51. The predicted molar refractivity (Wildman–Crippen MR) is 155 cm³/mol. The van der Waals surface area contributed by atoms with Crippen LogP contribution in [-0.2, 0) is 16.1 Å². The maximum absolute atomic E-state index is 13.8. The zero-order valence-electron chi connectivity index (χ0n) is 22.5. The number of nitro benzene ring substituents is 1. The number of nitro groups is 1. The minimum atomic E-state index is -0.770. The number of ether oxygens (including phenoxy) is 2. The van der Waals surface area contributed by atoms with Crippen LogP contribution >= 0.6 is 11.3 Å². The smallest absolute Gasteiger partial charge is 0.338 e. The Hall–Kier alpha value is -4.83. The highest BCUT2D eigenvalue weighted by Crippen LogP contribution is 2.32. The highest BCUT2D eigenvalue weighted by molar-refractivity contribution is 7.07. The lowest BCUT2D eigenvalue weighted by Gasteiger charge is -2.25. The molecule has 1 unspecified atom stereocenters. The molecule has 0 bridgehead atoms. The Morgan fingerprint density at radius 1 is 1.07 bits per heavy atom. The summed E-state index contributed by atoms with van der Waals surface area (Å²) in [4.78, 5) is 43.0. The fraction of sp³-hybridized carbons (Fsp3) is 0.194. The quantitative estimate of drug-likeness (QED) is 0.164. The van der Waals surface area contributed by atoms with E-state index in [0.29, 0.717) is 38.5 Å². The van der Waals surface area contributed by atoms with Crippen LogP contribution in [0.5, 0.6) is 5.75 Å². The van der Waals surface area contributed by atoms with E-state index in [0.717, 1.165) is 12.0 Å². The number of rotatable bonds is 9. The lowest BCUT2D eigenvalue weighted by molar-refractivity contribution is -0.384. The van der Waals surface area contributed by atoms with E-state index in [9.17, 15) is 19.7 Å². The van der Waals surface area contributed by atoms with Gasteiger partial charge >= 0.3 is 5.97 Å². The summed E-state index contributed by atoms with van der Waals surface area (Å²) in [6.45, 7) is 4.42. The molecule has 0 radical (unpaired) electrons. The summed E-state index contributed by atoms with van der Waals surface area (Å²) in [7, 11) is 0. The van der Waals surface area contributed by atoms with Crippen molar-refractivity contribution in [3.05, 3.63) is 137 Å². The van der Waals surface area contributed by atoms with Gasteiger partial charge in [0.2, 0.25) is 0 Å². The van der Waals surface area contributed by atoms with Gasteiger partial charge in [-0.25, -0.2) is 9.79 Å². The van der Waals surface area contributed by atoms with Gasteiger partial charge in [0.05, 0.1) is 33.4 Å². The van der Waals surface area contributed by atoms with E-state index in [4.69, 9.17) is 9.47 Å². The van der Waals surface area contributed by atoms with Gasteiger partial charge in [-0.2, -0.15) is 0 Å². The minimum Gasteiger partial charge on any atom is -0.494 e. The molecule has 41 heavy (non-hydrogen) atoms. The number of allylic oxidation sites excluding steroid dienone is 1. The Labute approximate surface area is 239 Å². The highest BCUT2D eigenvalue weighted by Gasteiger charge is 2.33. The van der Waals surface area contributed by atoms with Gasteiger partial charge in [0.1, 0.15) is 12.4 Å². The van der Waals surface area contributed by atoms with E-state index in [1.54, 1.807) is 25.1 Å². The molecule has 0 aliphatic carbocycles. The summed E-state index contributed by atoms with van der Waals surface area (Å²) in [5.41, 5.74) is 2.55. The van der Waals surface area contributed by atoms with Crippen LogP contribution in [-0.4, -0.2) is 22.1 Å². The van der Waals surface area contributed by atoms with Gasteiger partial charge in [0, 0.05) is 12.1 Å². The zero-order valence-corrected chi connectivity index (χ0v) is 23.3. The number of benzene rings is 3. The molecule has 0 saturated heterocycles. The molecule has 0 fully saturated rings. The average molecular weight is 570 g/mol. The lowest BCUT2D eigenvalue weighted by Crippen LogP contribution is -2.39. The van der Waals surface area contributed by atoms with E-state index in [2.05, 4.69) is 4.99 Å². The summed E-state index contributed by atoms with van der Waals surface area (Å²) >= 11 is 1.19. The summed E-state index contributed by atoms with van der Waals surface area (Å²) in [6.07, 6.45) is 2.53. The van der Waals surface area contributed by atoms with Crippen molar-refractivity contribution < 1.29 is 19.2 Å². The van der Waals surface area contributed by atoms with Crippen molar-refractivity contribution in [3.63, 3.8) is 0 Å². The first kappa shape index (κ1) is 27.7. The van der Waals surface area contributed by atoms with Crippen molar-refractivity contribution >= 4 is 29.1 Å². The standard InChI is InChI=1S/C31H27N3O6S/c1-3-17-39-25-15-11-23(12-16-25)28-27(30(36)40-19-22-7-5-4-6-8-22)20(2)32-31-33(28)29(35)26(41-31)18-21-9-13-24(14-10-21)34(37)38/h4-16,18,28H,3,17,19H2,1-2H3/b26-18-. The number of carbonyl (C=O) groups is 1. The second-order valence-corrected chi connectivity index (χ2v) is 10.4. The second-order valence-electron chi connectivity index (χ2n) is 9.41. The van der Waals surface area contributed by atoms with Gasteiger partial charge < -0.3 is 9.47 Å². The monoisotopic (exact) mass is 569 g/mol. The minimum absolute atomic E-state index is 0.0377.